The van der Waals surface area contributed by atoms with Crippen LogP contribution >= 0.6 is 15.9 Å². The van der Waals surface area contributed by atoms with Gasteiger partial charge in [0.05, 0.1) is 11.9 Å². The molecule has 0 saturated heterocycles. The van der Waals surface area contributed by atoms with Gasteiger partial charge < -0.3 is 10.6 Å². The van der Waals surface area contributed by atoms with E-state index in [9.17, 15) is 0 Å². The number of hydrogen-bond donors (Lipinski definition) is 2. The van der Waals surface area contributed by atoms with E-state index in [1.54, 1.807) is 6.20 Å². The third-order valence-electron chi connectivity index (χ3n) is 3.24. The minimum Gasteiger partial charge on any atom is -0.349 e. The van der Waals surface area contributed by atoms with Gasteiger partial charge in [-0.3, -0.25) is 0 Å². The molecule has 0 unspecified atom stereocenters. The Balaban J connectivity index is 1.69. The summed E-state index contributed by atoms with van der Waals surface area (Å²) in [5.41, 5.74) is 3.29. The first-order valence-corrected chi connectivity index (χ1v) is 8.01. The molecule has 0 aliphatic carbocycles. The number of rotatable bonds is 5. The Morgan fingerprint density at radius 2 is 1.91 bits per heavy atom. The lowest BCUT2D eigenvalue weighted by molar-refractivity contribution is 0.949. The average molecular weight is 370 g/mol. The van der Waals surface area contributed by atoms with E-state index < -0.39 is 0 Å². The lowest BCUT2D eigenvalue weighted by Crippen LogP contribution is -2.06. The van der Waals surface area contributed by atoms with Crippen LogP contribution in [0.3, 0.4) is 0 Å². The van der Waals surface area contributed by atoms with Crippen LogP contribution in [0, 0.1) is 6.92 Å². The maximum absolute atomic E-state index is 4.43. The van der Waals surface area contributed by atoms with Gasteiger partial charge in [0.2, 0.25) is 5.95 Å². The van der Waals surface area contributed by atoms with Crippen LogP contribution in [0.1, 0.15) is 11.1 Å². The van der Waals surface area contributed by atoms with Gasteiger partial charge in [0.15, 0.2) is 5.82 Å². The highest BCUT2D eigenvalue weighted by molar-refractivity contribution is 9.10. The van der Waals surface area contributed by atoms with E-state index in [0.29, 0.717) is 18.3 Å². The number of nitrogens with one attached hydrogen (secondary N) is 2. The Kier molecular flexibility index (Phi) is 4.83. The fourth-order valence-electron chi connectivity index (χ4n) is 2.08. The molecule has 116 valence electrons. The lowest BCUT2D eigenvalue weighted by atomic mass is 10.2. The molecule has 0 aliphatic heterocycles. The fraction of sp³-hybridized carbons (Fsp3) is 0.118. The van der Waals surface area contributed by atoms with E-state index >= 15 is 0 Å². The summed E-state index contributed by atoms with van der Waals surface area (Å²) in [4.78, 5) is 4.43. The number of aromatic nitrogens is 3. The van der Waals surface area contributed by atoms with Crippen LogP contribution in [0.5, 0.6) is 0 Å². The molecule has 5 nitrogen and oxygen atoms in total. The van der Waals surface area contributed by atoms with Crippen molar-refractivity contribution in [3.63, 3.8) is 0 Å². The molecule has 0 amide bonds. The van der Waals surface area contributed by atoms with Crippen LogP contribution in [-0.2, 0) is 6.54 Å². The summed E-state index contributed by atoms with van der Waals surface area (Å²) in [6.07, 6.45) is 1.60. The summed E-state index contributed by atoms with van der Waals surface area (Å²) in [6.45, 7) is 2.70. The SMILES string of the molecule is Cc1ccc(Nc2cnnc(NCc3ccccc3)n2)c(Br)c1. The molecule has 0 aliphatic rings. The molecule has 23 heavy (non-hydrogen) atoms. The third-order valence-corrected chi connectivity index (χ3v) is 3.90. The summed E-state index contributed by atoms with van der Waals surface area (Å²) < 4.78 is 0.981. The van der Waals surface area contributed by atoms with Gasteiger partial charge >= 0.3 is 0 Å². The Morgan fingerprint density at radius 1 is 1.09 bits per heavy atom. The Bertz CT molecular complexity index is 792. The molecule has 1 heterocycles. The van der Waals surface area contributed by atoms with Crippen LogP contribution in [0.25, 0.3) is 0 Å². The molecule has 1 aromatic heterocycles. The van der Waals surface area contributed by atoms with E-state index in [1.165, 1.54) is 5.56 Å². The van der Waals surface area contributed by atoms with E-state index in [-0.39, 0.29) is 0 Å². The second-order valence-corrected chi connectivity index (χ2v) is 5.97. The second kappa shape index (κ2) is 7.19. The van der Waals surface area contributed by atoms with E-state index in [2.05, 4.69) is 41.7 Å². The molecule has 3 aromatic rings. The van der Waals surface area contributed by atoms with Crippen molar-refractivity contribution in [3.05, 3.63) is 70.3 Å². The normalized spacial score (nSPS) is 10.3. The summed E-state index contributed by atoms with van der Waals surface area (Å²) >= 11 is 3.54. The van der Waals surface area contributed by atoms with Gasteiger partial charge in [-0.25, -0.2) is 0 Å². The van der Waals surface area contributed by atoms with E-state index in [1.807, 2.05) is 55.5 Å². The zero-order valence-corrected chi connectivity index (χ0v) is 14.2. The number of aryl methyl sites for hydroxylation is 1. The van der Waals surface area contributed by atoms with Crippen molar-refractivity contribution in [2.75, 3.05) is 10.6 Å². The van der Waals surface area contributed by atoms with Gasteiger partial charge in [0.25, 0.3) is 0 Å². The van der Waals surface area contributed by atoms with Crippen molar-refractivity contribution in [2.24, 2.45) is 0 Å². The number of anilines is 3. The van der Waals surface area contributed by atoms with Crippen LogP contribution in [-0.4, -0.2) is 15.2 Å². The van der Waals surface area contributed by atoms with Gasteiger partial charge in [-0.05, 0) is 46.1 Å². The first-order valence-electron chi connectivity index (χ1n) is 7.21. The predicted molar refractivity (Wildman–Crippen MR) is 95.8 cm³/mol. The lowest BCUT2D eigenvalue weighted by Gasteiger charge is -2.09. The largest absolute Gasteiger partial charge is 0.349 e. The van der Waals surface area contributed by atoms with Crippen LogP contribution in [0.15, 0.2) is 59.2 Å². The number of nitrogens with zero attached hydrogens (tertiary/aromatic N) is 3. The smallest absolute Gasteiger partial charge is 0.244 e. The summed E-state index contributed by atoms with van der Waals surface area (Å²) in [6, 6.07) is 16.2. The Hall–Kier alpha value is -2.47. The van der Waals surface area contributed by atoms with Gasteiger partial charge in [-0.15, -0.1) is 5.10 Å². The van der Waals surface area contributed by atoms with Crippen molar-refractivity contribution in [1.29, 1.82) is 0 Å². The van der Waals surface area contributed by atoms with Crippen molar-refractivity contribution < 1.29 is 0 Å². The molecule has 2 N–H and O–H groups in total. The zero-order chi connectivity index (χ0) is 16.1. The molecule has 3 rings (SSSR count). The standard InChI is InChI=1S/C17H16BrN5/c1-12-7-8-15(14(18)9-12)21-16-11-20-23-17(22-16)19-10-13-5-3-2-4-6-13/h2-9,11H,10H2,1H3,(H2,19,21,22,23). The quantitative estimate of drug-likeness (QED) is 0.701. The third kappa shape index (κ3) is 4.26. The molecular weight excluding hydrogens is 354 g/mol. The molecule has 0 bridgehead atoms. The summed E-state index contributed by atoms with van der Waals surface area (Å²) in [5, 5.41) is 14.4. The maximum atomic E-state index is 4.43. The minimum absolute atomic E-state index is 0.488. The Labute approximate surface area is 143 Å². The first-order chi connectivity index (χ1) is 11.2. The molecular formula is C17H16BrN5. The van der Waals surface area contributed by atoms with Gasteiger partial charge in [-0.1, -0.05) is 36.4 Å². The van der Waals surface area contributed by atoms with E-state index in [0.717, 1.165) is 15.7 Å². The molecule has 0 spiro atoms. The van der Waals surface area contributed by atoms with Crippen molar-refractivity contribution in [2.45, 2.75) is 13.5 Å². The van der Waals surface area contributed by atoms with Crippen molar-refractivity contribution >= 4 is 33.4 Å². The second-order valence-electron chi connectivity index (χ2n) is 5.11. The fourth-order valence-corrected chi connectivity index (χ4v) is 2.67. The van der Waals surface area contributed by atoms with Gasteiger partial charge in [-0.2, -0.15) is 10.1 Å². The first kappa shape index (κ1) is 15.4. The summed E-state index contributed by atoms with van der Waals surface area (Å²) in [7, 11) is 0. The molecule has 0 radical (unpaired) electrons. The average Bonchev–Trinajstić information content (AvgIpc) is 2.57. The monoisotopic (exact) mass is 369 g/mol. The Morgan fingerprint density at radius 3 is 2.70 bits per heavy atom. The molecule has 0 saturated carbocycles. The topological polar surface area (TPSA) is 62.7 Å². The zero-order valence-electron chi connectivity index (χ0n) is 12.6. The van der Waals surface area contributed by atoms with Crippen molar-refractivity contribution in [3.8, 4) is 0 Å². The van der Waals surface area contributed by atoms with E-state index in [4.69, 9.17) is 0 Å². The van der Waals surface area contributed by atoms with Gasteiger partial charge in [0.1, 0.15) is 0 Å². The van der Waals surface area contributed by atoms with Gasteiger partial charge in [0, 0.05) is 11.0 Å². The van der Waals surface area contributed by atoms with Crippen LogP contribution in [0.4, 0.5) is 17.5 Å². The highest BCUT2D eigenvalue weighted by Crippen LogP contribution is 2.25. The highest BCUT2D eigenvalue weighted by Gasteiger charge is 2.04. The van der Waals surface area contributed by atoms with Crippen LogP contribution < -0.4 is 10.6 Å². The molecule has 6 heteroatoms. The number of hydrogen-bond acceptors (Lipinski definition) is 5. The maximum Gasteiger partial charge on any atom is 0.244 e. The molecule has 2 aromatic carbocycles. The van der Waals surface area contributed by atoms with Crippen molar-refractivity contribution in [1.82, 2.24) is 15.2 Å². The highest BCUT2D eigenvalue weighted by atomic mass is 79.9. The number of halogens is 1. The summed E-state index contributed by atoms with van der Waals surface area (Å²) in [5.74, 6) is 1.13. The number of benzene rings is 2. The predicted octanol–water partition coefficient (Wildman–Crippen LogP) is 4.30. The minimum atomic E-state index is 0.488. The van der Waals surface area contributed by atoms with Crippen LogP contribution in [0.2, 0.25) is 0 Å². The molecule has 0 atom stereocenters. The molecule has 0 fully saturated rings.